The molecule has 1 atom stereocenters. The summed E-state index contributed by atoms with van der Waals surface area (Å²) >= 11 is 9.15. The first-order chi connectivity index (χ1) is 5.99. The van der Waals surface area contributed by atoms with Crippen molar-refractivity contribution in [2.24, 2.45) is 5.41 Å². The fraction of sp³-hybridized carbons (Fsp3) is 0.600. The van der Waals surface area contributed by atoms with Gasteiger partial charge in [-0.1, -0.05) is 36.7 Å². The number of thiophene rings is 1. The number of rotatable bonds is 3. The van der Waals surface area contributed by atoms with Gasteiger partial charge in [-0.25, -0.2) is 0 Å². The zero-order valence-corrected chi connectivity index (χ0v) is 12.1. The zero-order valence-electron chi connectivity index (χ0n) is 8.10. The molecule has 1 rings (SSSR count). The summed E-state index contributed by atoms with van der Waals surface area (Å²) in [4.78, 5) is 1.84. The van der Waals surface area contributed by atoms with Crippen LogP contribution in [0.2, 0.25) is 0 Å². The minimum absolute atomic E-state index is 0.313. The Labute approximate surface area is 101 Å². The summed E-state index contributed by atoms with van der Waals surface area (Å²) < 4.78 is 1.22. The average Bonchev–Trinajstić information content (AvgIpc) is 2.50. The Kier molecular flexibility index (Phi) is 4.02. The Balaban J connectivity index is 2.91. The molecule has 0 saturated heterocycles. The maximum atomic E-state index is 3.78. The van der Waals surface area contributed by atoms with Gasteiger partial charge in [-0.3, -0.25) is 0 Å². The lowest BCUT2D eigenvalue weighted by Gasteiger charge is -2.28. The lowest BCUT2D eigenvalue weighted by atomic mass is 9.86. The number of hydrogen-bond acceptors (Lipinski definition) is 1. The van der Waals surface area contributed by atoms with Gasteiger partial charge in [0.15, 0.2) is 0 Å². The molecule has 0 amide bonds. The monoisotopic (exact) mass is 324 g/mol. The fourth-order valence-corrected chi connectivity index (χ4v) is 4.01. The molecule has 1 heterocycles. The van der Waals surface area contributed by atoms with E-state index in [1.54, 1.807) is 11.3 Å². The van der Waals surface area contributed by atoms with Gasteiger partial charge in [0.05, 0.1) is 4.83 Å². The Hall–Kier alpha value is 0.660. The first kappa shape index (κ1) is 11.7. The van der Waals surface area contributed by atoms with E-state index in [2.05, 4.69) is 64.1 Å². The number of halogens is 2. The molecule has 0 radical (unpaired) electrons. The largest absolute Gasteiger partial charge is 0.146 e. The molecule has 0 nitrogen and oxygen atoms in total. The quantitative estimate of drug-likeness (QED) is 0.654. The van der Waals surface area contributed by atoms with E-state index in [1.165, 1.54) is 15.8 Å². The third-order valence-electron chi connectivity index (χ3n) is 2.47. The second kappa shape index (κ2) is 4.45. The standard InChI is InChI=1S/C10H14Br2S/c1-4-10(2,3)9(12)8-7(11)5-6-13-8/h5-6,9H,4H2,1-3H3. The molecule has 0 N–H and O–H groups in total. The van der Waals surface area contributed by atoms with Crippen LogP contribution in [0.5, 0.6) is 0 Å². The van der Waals surface area contributed by atoms with Crippen LogP contribution >= 0.6 is 43.2 Å². The van der Waals surface area contributed by atoms with Crippen LogP contribution in [0.25, 0.3) is 0 Å². The van der Waals surface area contributed by atoms with E-state index in [-0.39, 0.29) is 0 Å². The highest BCUT2D eigenvalue weighted by Crippen LogP contribution is 2.47. The Bertz CT molecular complexity index is 278. The van der Waals surface area contributed by atoms with Crippen molar-refractivity contribution in [2.45, 2.75) is 32.0 Å². The highest BCUT2D eigenvalue weighted by atomic mass is 79.9. The molecule has 1 unspecified atom stereocenters. The van der Waals surface area contributed by atoms with Crippen molar-refractivity contribution in [3.8, 4) is 0 Å². The Morgan fingerprint density at radius 2 is 2.15 bits per heavy atom. The molecular formula is C10H14Br2S. The topological polar surface area (TPSA) is 0 Å². The van der Waals surface area contributed by atoms with Gasteiger partial charge in [-0.05, 0) is 39.2 Å². The summed E-state index contributed by atoms with van der Waals surface area (Å²) in [6.07, 6.45) is 1.17. The van der Waals surface area contributed by atoms with Crippen LogP contribution in [-0.2, 0) is 0 Å². The van der Waals surface area contributed by atoms with Gasteiger partial charge >= 0.3 is 0 Å². The first-order valence-corrected chi connectivity index (χ1v) is 6.95. The summed E-state index contributed by atoms with van der Waals surface area (Å²) in [5.74, 6) is 0. The van der Waals surface area contributed by atoms with Crippen molar-refractivity contribution >= 4 is 43.2 Å². The van der Waals surface area contributed by atoms with Crippen LogP contribution in [0.1, 0.15) is 36.9 Å². The van der Waals surface area contributed by atoms with Crippen LogP contribution in [0, 0.1) is 5.41 Å². The minimum Gasteiger partial charge on any atom is -0.146 e. The molecule has 13 heavy (non-hydrogen) atoms. The van der Waals surface area contributed by atoms with Crippen LogP contribution in [0.15, 0.2) is 15.9 Å². The van der Waals surface area contributed by atoms with Gasteiger partial charge in [-0.2, -0.15) is 0 Å². The summed E-state index contributed by atoms with van der Waals surface area (Å²) in [7, 11) is 0. The van der Waals surface area contributed by atoms with Crippen molar-refractivity contribution in [2.75, 3.05) is 0 Å². The molecule has 3 heteroatoms. The minimum atomic E-state index is 0.313. The smallest absolute Gasteiger partial charge is 0.0551 e. The van der Waals surface area contributed by atoms with Gasteiger partial charge in [0, 0.05) is 9.35 Å². The third kappa shape index (κ3) is 2.57. The molecule has 0 bridgehead atoms. The van der Waals surface area contributed by atoms with Gasteiger partial charge in [0.2, 0.25) is 0 Å². The summed E-state index contributed by atoms with van der Waals surface area (Å²) in [5, 5.41) is 2.12. The van der Waals surface area contributed by atoms with E-state index in [0.29, 0.717) is 10.2 Å². The molecule has 74 valence electrons. The van der Waals surface area contributed by atoms with Crippen LogP contribution in [0.3, 0.4) is 0 Å². The zero-order chi connectivity index (χ0) is 10.1. The lowest BCUT2D eigenvalue weighted by Crippen LogP contribution is -2.15. The molecule has 0 aromatic carbocycles. The molecule has 0 aliphatic heterocycles. The van der Waals surface area contributed by atoms with Crippen molar-refractivity contribution < 1.29 is 0 Å². The molecule has 0 aliphatic rings. The summed E-state index contributed by atoms with van der Waals surface area (Å²) in [5.41, 5.74) is 0.313. The molecule has 0 fully saturated rings. The van der Waals surface area contributed by atoms with Crippen molar-refractivity contribution in [3.63, 3.8) is 0 Å². The number of alkyl halides is 1. The van der Waals surface area contributed by atoms with Crippen molar-refractivity contribution in [1.29, 1.82) is 0 Å². The van der Waals surface area contributed by atoms with Crippen LogP contribution in [-0.4, -0.2) is 0 Å². The summed E-state index contributed by atoms with van der Waals surface area (Å²) in [6, 6.07) is 2.11. The van der Waals surface area contributed by atoms with E-state index >= 15 is 0 Å². The second-order valence-electron chi connectivity index (χ2n) is 3.84. The normalized spacial score (nSPS) is 14.5. The van der Waals surface area contributed by atoms with Crippen LogP contribution < -0.4 is 0 Å². The molecule has 0 spiro atoms. The van der Waals surface area contributed by atoms with Gasteiger partial charge in [-0.15, -0.1) is 11.3 Å². The highest BCUT2D eigenvalue weighted by Gasteiger charge is 2.28. The third-order valence-corrected chi connectivity index (χ3v) is 6.41. The van der Waals surface area contributed by atoms with Gasteiger partial charge < -0.3 is 0 Å². The summed E-state index contributed by atoms with van der Waals surface area (Å²) in [6.45, 7) is 6.81. The van der Waals surface area contributed by atoms with E-state index in [1.807, 2.05) is 0 Å². The highest BCUT2D eigenvalue weighted by molar-refractivity contribution is 9.11. The maximum absolute atomic E-state index is 3.78. The first-order valence-electron chi connectivity index (χ1n) is 4.36. The van der Waals surface area contributed by atoms with Crippen LogP contribution in [0.4, 0.5) is 0 Å². The van der Waals surface area contributed by atoms with Gasteiger partial charge in [0.25, 0.3) is 0 Å². The molecule has 1 aromatic rings. The van der Waals surface area contributed by atoms with Crippen molar-refractivity contribution in [1.82, 2.24) is 0 Å². The van der Waals surface area contributed by atoms with E-state index in [0.717, 1.165) is 0 Å². The molecule has 0 saturated carbocycles. The molecule has 0 aliphatic carbocycles. The predicted octanol–water partition coefficient (Wildman–Crippen LogP) is 5.38. The predicted molar refractivity (Wildman–Crippen MR) is 67.8 cm³/mol. The van der Waals surface area contributed by atoms with E-state index in [4.69, 9.17) is 0 Å². The number of hydrogen-bond donors (Lipinski definition) is 0. The SMILES string of the molecule is CCC(C)(C)C(Br)c1sccc1Br. The lowest BCUT2D eigenvalue weighted by molar-refractivity contribution is 0.348. The fourth-order valence-electron chi connectivity index (χ4n) is 1.02. The Morgan fingerprint density at radius 3 is 2.54 bits per heavy atom. The molecule has 1 aromatic heterocycles. The van der Waals surface area contributed by atoms with E-state index < -0.39 is 0 Å². The maximum Gasteiger partial charge on any atom is 0.0551 e. The van der Waals surface area contributed by atoms with E-state index in [9.17, 15) is 0 Å². The second-order valence-corrected chi connectivity index (χ2v) is 6.56. The van der Waals surface area contributed by atoms with Gasteiger partial charge in [0.1, 0.15) is 0 Å². The molecular weight excluding hydrogens is 312 g/mol. The van der Waals surface area contributed by atoms with Crippen molar-refractivity contribution in [3.05, 3.63) is 20.8 Å². The Morgan fingerprint density at radius 1 is 1.54 bits per heavy atom. The average molecular weight is 326 g/mol.